The van der Waals surface area contributed by atoms with Gasteiger partial charge in [0.2, 0.25) is 5.91 Å². The van der Waals surface area contributed by atoms with Crippen molar-refractivity contribution in [2.24, 2.45) is 11.7 Å². The van der Waals surface area contributed by atoms with Crippen LogP contribution in [-0.2, 0) is 9.53 Å². The third-order valence-electron chi connectivity index (χ3n) is 3.82. The molecule has 0 saturated carbocycles. The summed E-state index contributed by atoms with van der Waals surface area (Å²) in [5.41, 5.74) is 6.57. The number of benzene rings is 1. The van der Waals surface area contributed by atoms with Crippen molar-refractivity contribution < 1.29 is 14.3 Å². The van der Waals surface area contributed by atoms with E-state index >= 15 is 0 Å². The Balaban J connectivity index is 0.00000264. The van der Waals surface area contributed by atoms with Gasteiger partial charge in [0.15, 0.2) is 0 Å². The van der Waals surface area contributed by atoms with Crippen LogP contribution in [-0.4, -0.2) is 44.2 Å². The summed E-state index contributed by atoms with van der Waals surface area (Å²) in [5, 5.41) is 5.53. The highest BCUT2D eigenvalue weighted by atomic mass is 35.5. The molecule has 1 aromatic carbocycles. The quantitative estimate of drug-likeness (QED) is 0.664. The summed E-state index contributed by atoms with van der Waals surface area (Å²) in [6.45, 7) is 2.08. The lowest BCUT2D eigenvalue weighted by Gasteiger charge is -2.26. The Labute approximate surface area is 142 Å². The van der Waals surface area contributed by atoms with E-state index in [1.807, 2.05) is 18.2 Å². The first-order chi connectivity index (χ1) is 10.7. The molecule has 2 rings (SSSR count). The van der Waals surface area contributed by atoms with Gasteiger partial charge in [0.05, 0.1) is 6.04 Å². The number of halogens is 1. The topological polar surface area (TPSA) is 93.5 Å². The van der Waals surface area contributed by atoms with Crippen LogP contribution >= 0.6 is 12.4 Å². The summed E-state index contributed by atoms with van der Waals surface area (Å²) in [4.78, 5) is 23.8. The van der Waals surface area contributed by atoms with Gasteiger partial charge in [-0.15, -0.1) is 12.4 Å². The zero-order chi connectivity index (χ0) is 15.8. The Morgan fingerprint density at radius 3 is 2.39 bits per heavy atom. The van der Waals surface area contributed by atoms with Crippen LogP contribution < -0.4 is 16.4 Å². The van der Waals surface area contributed by atoms with Gasteiger partial charge >= 0.3 is 0 Å². The van der Waals surface area contributed by atoms with Crippen molar-refractivity contribution in [1.29, 1.82) is 0 Å². The fraction of sp³-hybridized carbons (Fsp3) is 0.500. The second-order valence-electron chi connectivity index (χ2n) is 5.39. The van der Waals surface area contributed by atoms with E-state index in [1.54, 1.807) is 12.1 Å². The zero-order valence-corrected chi connectivity index (χ0v) is 13.8. The molecule has 23 heavy (non-hydrogen) atoms. The molecule has 1 aromatic rings. The average molecular weight is 342 g/mol. The minimum Gasteiger partial charge on any atom is -0.381 e. The number of rotatable bonds is 6. The first-order valence-electron chi connectivity index (χ1n) is 7.63. The van der Waals surface area contributed by atoms with Crippen LogP contribution in [0.1, 0.15) is 23.2 Å². The van der Waals surface area contributed by atoms with Gasteiger partial charge in [-0.05, 0) is 30.9 Å². The molecule has 1 aliphatic heterocycles. The molecule has 1 atom stereocenters. The minimum absolute atomic E-state index is 0. The lowest BCUT2D eigenvalue weighted by molar-refractivity contribution is -0.124. The first kappa shape index (κ1) is 19.4. The largest absolute Gasteiger partial charge is 0.381 e. The van der Waals surface area contributed by atoms with Gasteiger partial charge in [0.1, 0.15) is 0 Å². The Bertz CT molecular complexity index is 493. The number of nitrogens with two attached hydrogens (primary N) is 1. The monoisotopic (exact) mass is 341 g/mol. The van der Waals surface area contributed by atoms with Gasteiger partial charge < -0.3 is 21.1 Å². The van der Waals surface area contributed by atoms with Crippen molar-refractivity contribution in [3.8, 4) is 0 Å². The van der Waals surface area contributed by atoms with E-state index in [1.165, 1.54) is 0 Å². The molecule has 1 unspecified atom stereocenters. The van der Waals surface area contributed by atoms with Crippen molar-refractivity contribution in [1.82, 2.24) is 10.6 Å². The molecule has 0 aromatic heterocycles. The fourth-order valence-electron chi connectivity index (χ4n) is 2.46. The van der Waals surface area contributed by atoms with Crippen molar-refractivity contribution in [2.45, 2.75) is 18.9 Å². The van der Waals surface area contributed by atoms with Crippen LogP contribution in [0.15, 0.2) is 30.3 Å². The average Bonchev–Trinajstić information content (AvgIpc) is 2.59. The molecule has 4 N–H and O–H groups in total. The van der Waals surface area contributed by atoms with Crippen molar-refractivity contribution >= 4 is 24.2 Å². The molecule has 6 nitrogen and oxygen atoms in total. The van der Waals surface area contributed by atoms with Crippen LogP contribution in [0.5, 0.6) is 0 Å². The summed E-state index contributed by atoms with van der Waals surface area (Å²) in [5.74, 6) is -0.142. The predicted octanol–water partition coefficient (Wildman–Crippen LogP) is 0.708. The summed E-state index contributed by atoms with van der Waals surface area (Å²) < 4.78 is 5.26. The van der Waals surface area contributed by atoms with E-state index in [0.29, 0.717) is 31.9 Å². The van der Waals surface area contributed by atoms with E-state index in [-0.39, 0.29) is 30.1 Å². The highest BCUT2D eigenvalue weighted by Crippen LogP contribution is 2.17. The smallest absolute Gasteiger partial charge is 0.251 e. The van der Waals surface area contributed by atoms with Gasteiger partial charge in [-0.1, -0.05) is 18.2 Å². The molecule has 128 valence electrons. The van der Waals surface area contributed by atoms with Gasteiger partial charge in [-0.3, -0.25) is 9.59 Å². The normalized spacial score (nSPS) is 16.0. The fourth-order valence-corrected chi connectivity index (χ4v) is 2.46. The second-order valence-corrected chi connectivity index (χ2v) is 5.39. The van der Waals surface area contributed by atoms with Gasteiger partial charge in [0, 0.05) is 31.9 Å². The SMILES string of the molecule is Cl.NC(C(=O)NCCNC(=O)c1ccccc1)C1CCOCC1. The van der Waals surface area contributed by atoms with E-state index in [0.717, 1.165) is 12.8 Å². The molecular weight excluding hydrogens is 318 g/mol. The van der Waals surface area contributed by atoms with Crippen LogP contribution in [0.2, 0.25) is 0 Å². The maximum atomic E-state index is 12.0. The Kier molecular flexibility index (Phi) is 8.61. The Morgan fingerprint density at radius 1 is 1.13 bits per heavy atom. The molecule has 1 heterocycles. The van der Waals surface area contributed by atoms with Crippen molar-refractivity contribution in [2.75, 3.05) is 26.3 Å². The molecular formula is C16H24ClN3O3. The molecule has 2 amide bonds. The van der Waals surface area contributed by atoms with Crippen LogP contribution in [0.25, 0.3) is 0 Å². The molecule has 7 heteroatoms. The zero-order valence-electron chi connectivity index (χ0n) is 13.0. The van der Waals surface area contributed by atoms with E-state index in [4.69, 9.17) is 10.5 Å². The molecule has 0 aliphatic carbocycles. The van der Waals surface area contributed by atoms with E-state index < -0.39 is 6.04 Å². The number of carbonyl (C=O) groups is 2. The number of hydrogen-bond acceptors (Lipinski definition) is 4. The molecule has 1 fully saturated rings. The molecule has 0 spiro atoms. The molecule has 0 bridgehead atoms. The summed E-state index contributed by atoms with van der Waals surface area (Å²) >= 11 is 0. The number of nitrogens with one attached hydrogen (secondary N) is 2. The number of carbonyl (C=O) groups excluding carboxylic acids is 2. The predicted molar refractivity (Wildman–Crippen MR) is 90.6 cm³/mol. The lowest BCUT2D eigenvalue weighted by atomic mass is 9.92. The lowest BCUT2D eigenvalue weighted by Crippen LogP contribution is -2.48. The van der Waals surface area contributed by atoms with Crippen molar-refractivity contribution in [3.63, 3.8) is 0 Å². The Hall–Kier alpha value is -1.63. The number of ether oxygens (including phenoxy) is 1. The standard InChI is InChI=1S/C16H23N3O3.ClH/c17-14(12-6-10-22-11-7-12)16(21)19-9-8-18-15(20)13-4-2-1-3-5-13;/h1-5,12,14H,6-11,17H2,(H,18,20)(H,19,21);1H. The first-order valence-corrected chi connectivity index (χ1v) is 7.63. The van der Waals surface area contributed by atoms with Gasteiger partial charge in [-0.25, -0.2) is 0 Å². The second kappa shape index (κ2) is 10.2. The molecule has 1 saturated heterocycles. The maximum Gasteiger partial charge on any atom is 0.251 e. The molecule has 1 aliphatic rings. The minimum atomic E-state index is -0.506. The van der Waals surface area contributed by atoms with Crippen LogP contribution in [0, 0.1) is 5.92 Å². The Morgan fingerprint density at radius 2 is 1.74 bits per heavy atom. The molecule has 0 radical (unpaired) electrons. The highest BCUT2D eigenvalue weighted by molar-refractivity contribution is 5.94. The summed E-state index contributed by atoms with van der Waals surface area (Å²) in [6.07, 6.45) is 1.64. The van der Waals surface area contributed by atoms with E-state index in [2.05, 4.69) is 10.6 Å². The van der Waals surface area contributed by atoms with Gasteiger partial charge in [0.25, 0.3) is 5.91 Å². The number of amides is 2. The number of hydrogen-bond donors (Lipinski definition) is 3. The van der Waals surface area contributed by atoms with Crippen LogP contribution in [0.3, 0.4) is 0 Å². The van der Waals surface area contributed by atoms with Crippen LogP contribution in [0.4, 0.5) is 0 Å². The summed E-state index contributed by atoms with van der Waals surface area (Å²) in [7, 11) is 0. The summed E-state index contributed by atoms with van der Waals surface area (Å²) in [6, 6.07) is 8.46. The van der Waals surface area contributed by atoms with Gasteiger partial charge in [-0.2, -0.15) is 0 Å². The third-order valence-corrected chi connectivity index (χ3v) is 3.82. The highest BCUT2D eigenvalue weighted by Gasteiger charge is 2.26. The maximum absolute atomic E-state index is 12.0. The third kappa shape index (κ3) is 6.17. The van der Waals surface area contributed by atoms with Crippen molar-refractivity contribution in [3.05, 3.63) is 35.9 Å². The van der Waals surface area contributed by atoms with E-state index in [9.17, 15) is 9.59 Å².